The smallest absolute Gasteiger partial charge is 0.748 e. The minimum absolute atomic E-state index is 0. The topological polar surface area (TPSA) is 155 Å². The summed E-state index contributed by atoms with van der Waals surface area (Å²) in [5.74, 6) is -0.344. The van der Waals surface area contributed by atoms with Gasteiger partial charge in [0.25, 0.3) is 0 Å². The van der Waals surface area contributed by atoms with Gasteiger partial charge in [-0.1, -0.05) is 12.8 Å². The van der Waals surface area contributed by atoms with Crippen molar-refractivity contribution >= 4 is 10.1 Å². The van der Waals surface area contributed by atoms with Crippen LogP contribution in [-0.2, 0) is 29.1 Å². The van der Waals surface area contributed by atoms with Gasteiger partial charge in [0.1, 0.15) is 0 Å². The second-order valence-electron chi connectivity index (χ2n) is 6.56. The Morgan fingerprint density at radius 2 is 1.03 bits per heavy atom. The Hall–Kier alpha value is 0.630. The van der Waals surface area contributed by atoms with Crippen LogP contribution in [0.25, 0.3) is 0 Å². The third-order valence-electron chi connectivity index (χ3n) is 3.77. The number of aliphatic hydroxyl groups is 3. The molecule has 0 aliphatic rings. The van der Waals surface area contributed by atoms with Gasteiger partial charge < -0.3 is 38.8 Å². The number of aliphatic hydroxyl groups excluding tert-OH is 3. The molecule has 0 aromatic carbocycles. The Balaban J connectivity index is 0. The number of hydrogen-bond acceptors (Lipinski definition) is 10. The molecular weight excluding hydrogens is 419 g/mol. The first-order valence-corrected chi connectivity index (χ1v) is 11.0. The number of ether oxygens (including phenoxy) is 4. The van der Waals surface area contributed by atoms with Crippen molar-refractivity contribution in [2.24, 2.45) is 5.41 Å². The van der Waals surface area contributed by atoms with Crippen LogP contribution in [0.2, 0.25) is 0 Å². The summed E-state index contributed by atoms with van der Waals surface area (Å²) in [7, 11) is -4.15. The number of rotatable bonds is 21. The fourth-order valence-corrected chi connectivity index (χ4v) is 2.99. The van der Waals surface area contributed by atoms with E-state index in [1.165, 1.54) is 0 Å². The molecule has 0 heterocycles. The zero-order valence-electron chi connectivity index (χ0n) is 17.4. The van der Waals surface area contributed by atoms with Gasteiger partial charge >= 0.3 is 29.6 Å². The van der Waals surface area contributed by atoms with Crippen LogP contribution >= 0.6 is 0 Å². The van der Waals surface area contributed by atoms with Gasteiger partial charge in [0.2, 0.25) is 0 Å². The first-order valence-electron chi connectivity index (χ1n) is 9.46. The standard InChI is InChI=1S/C17H36O10S.Na/c18-5-9-25-14-17(15-26-10-6-19,16-27-11-7-20)13-24-8-3-1-2-4-12-28(21,22)23;/h18-20H,1-16H2,(H,21,22,23);/q;+1/p-1. The van der Waals surface area contributed by atoms with E-state index in [1.54, 1.807) is 0 Å². The van der Waals surface area contributed by atoms with Crippen molar-refractivity contribution in [1.82, 2.24) is 0 Å². The van der Waals surface area contributed by atoms with Crippen molar-refractivity contribution in [3.8, 4) is 0 Å². The molecular formula is C17H35NaO10S. The van der Waals surface area contributed by atoms with Gasteiger partial charge in [-0.25, -0.2) is 8.42 Å². The first-order chi connectivity index (χ1) is 13.4. The van der Waals surface area contributed by atoms with Crippen molar-refractivity contribution in [3.05, 3.63) is 0 Å². The second kappa shape index (κ2) is 20.5. The molecule has 0 radical (unpaired) electrons. The first kappa shape index (κ1) is 31.8. The molecule has 0 rings (SSSR count). The molecule has 29 heavy (non-hydrogen) atoms. The van der Waals surface area contributed by atoms with Gasteiger partial charge in [0.05, 0.1) is 81.6 Å². The molecule has 0 aromatic heterocycles. The zero-order chi connectivity index (χ0) is 21.1. The van der Waals surface area contributed by atoms with Crippen LogP contribution in [0.3, 0.4) is 0 Å². The molecule has 0 atom stereocenters. The van der Waals surface area contributed by atoms with Gasteiger partial charge in [-0.2, -0.15) is 0 Å². The van der Waals surface area contributed by atoms with Crippen LogP contribution in [0.5, 0.6) is 0 Å². The van der Waals surface area contributed by atoms with Crippen LogP contribution < -0.4 is 29.6 Å². The Morgan fingerprint density at radius 3 is 1.41 bits per heavy atom. The van der Waals surface area contributed by atoms with E-state index >= 15 is 0 Å². The normalized spacial score (nSPS) is 12.1. The van der Waals surface area contributed by atoms with Crippen LogP contribution in [-0.4, -0.2) is 107 Å². The van der Waals surface area contributed by atoms with E-state index < -0.39 is 15.5 Å². The van der Waals surface area contributed by atoms with E-state index in [2.05, 4.69) is 0 Å². The molecule has 0 unspecified atom stereocenters. The molecule has 0 aliphatic carbocycles. The maximum absolute atomic E-state index is 10.5. The van der Waals surface area contributed by atoms with Gasteiger partial charge in [-0.15, -0.1) is 0 Å². The summed E-state index contributed by atoms with van der Waals surface area (Å²) in [6.45, 7) is 1.44. The minimum Gasteiger partial charge on any atom is -0.748 e. The monoisotopic (exact) mass is 454 g/mol. The third-order valence-corrected chi connectivity index (χ3v) is 4.56. The average molecular weight is 455 g/mol. The number of unbranched alkanes of at least 4 members (excludes halogenated alkanes) is 3. The molecule has 170 valence electrons. The molecule has 0 spiro atoms. The molecule has 0 aromatic rings. The fraction of sp³-hybridized carbons (Fsp3) is 1.00. The molecule has 0 saturated carbocycles. The average Bonchev–Trinajstić information content (AvgIpc) is 2.63. The molecule has 0 saturated heterocycles. The summed E-state index contributed by atoms with van der Waals surface area (Å²) in [5.41, 5.74) is -0.657. The van der Waals surface area contributed by atoms with E-state index in [9.17, 15) is 13.0 Å². The van der Waals surface area contributed by atoms with Crippen LogP contribution in [0.1, 0.15) is 25.7 Å². The maximum Gasteiger partial charge on any atom is 1.00 e. The van der Waals surface area contributed by atoms with Gasteiger partial charge in [0.15, 0.2) is 0 Å². The third kappa shape index (κ3) is 20.3. The van der Waals surface area contributed by atoms with E-state index in [1.807, 2.05) is 0 Å². The Kier molecular flexibility index (Phi) is 22.5. The summed E-state index contributed by atoms with van der Waals surface area (Å²) in [5, 5.41) is 26.7. The predicted molar refractivity (Wildman–Crippen MR) is 100.0 cm³/mol. The summed E-state index contributed by atoms with van der Waals surface area (Å²) < 4.78 is 53.7. The molecule has 0 aliphatic heterocycles. The van der Waals surface area contributed by atoms with Crippen molar-refractivity contribution in [2.45, 2.75) is 25.7 Å². The summed E-state index contributed by atoms with van der Waals surface area (Å²) in [4.78, 5) is 0. The molecule has 12 heteroatoms. The summed E-state index contributed by atoms with van der Waals surface area (Å²) in [6, 6.07) is 0. The SMILES string of the molecule is O=S(=O)([O-])CCCCCCOCC(COCCO)(COCCO)COCCO.[Na+]. The Morgan fingerprint density at radius 1 is 0.655 bits per heavy atom. The summed E-state index contributed by atoms with van der Waals surface area (Å²) >= 11 is 0. The van der Waals surface area contributed by atoms with Gasteiger partial charge in [-0.05, 0) is 12.8 Å². The maximum atomic E-state index is 10.5. The minimum atomic E-state index is -4.15. The quantitative estimate of drug-likeness (QED) is 0.0891. The molecule has 0 fully saturated rings. The van der Waals surface area contributed by atoms with E-state index in [-0.39, 0.29) is 101 Å². The van der Waals surface area contributed by atoms with Crippen molar-refractivity contribution in [1.29, 1.82) is 0 Å². The molecule has 0 amide bonds. The van der Waals surface area contributed by atoms with E-state index in [0.29, 0.717) is 25.9 Å². The van der Waals surface area contributed by atoms with Crippen LogP contribution in [0.4, 0.5) is 0 Å². The van der Waals surface area contributed by atoms with Crippen molar-refractivity contribution < 1.29 is 76.8 Å². The van der Waals surface area contributed by atoms with Crippen molar-refractivity contribution in [2.75, 3.05) is 78.4 Å². The fourth-order valence-electron chi connectivity index (χ4n) is 2.43. The Labute approximate surface area is 195 Å². The second-order valence-corrected chi connectivity index (χ2v) is 8.08. The van der Waals surface area contributed by atoms with Gasteiger partial charge in [0, 0.05) is 12.4 Å². The predicted octanol–water partition coefficient (Wildman–Crippen LogP) is -3.87. The van der Waals surface area contributed by atoms with Crippen LogP contribution in [0.15, 0.2) is 0 Å². The zero-order valence-corrected chi connectivity index (χ0v) is 20.2. The largest absolute Gasteiger partial charge is 1.00 e. The van der Waals surface area contributed by atoms with Gasteiger partial charge in [-0.3, -0.25) is 0 Å². The molecule has 10 nitrogen and oxygen atoms in total. The van der Waals surface area contributed by atoms with Crippen molar-refractivity contribution in [3.63, 3.8) is 0 Å². The molecule has 0 bridgehead atoms. The Bertz CT molecular complexity index is 423. The van der Waals surface area contributed by atoms with Crippen LogP contribution in [0, 0.1) is 5.41 Å². The summed E-state index contributed by atoms with van der Waals surface area (Å²) in [6.07, 6.45) is 2.43. The molecule has 3 N–H and O–H groups in total. The van der Waals surface area contributed by atoms with E-state index in [0.717, 1.165) is 6.42 Å². The number of hydrogen-bond donors (Lipinski definition) is 3. The van der Waals surface area contributed by atoms with E-state index in [4.69, 9.17) is 34.3 Å².